The third kappa shape index (κ3) is 3.85. The number of halogens is 1. The first-order valence-corrected chi connectivity index (χ1v) is 7.78. The number of hydrogen-bond donors (Lipinski definition) is 1. The summed E-state index contributed by atoms with van der Waals surface area (Å²) in [5, 5.41) is 16.3. The summed E-state index contributed by atoms with van der Waals surface area (Å²) in [5.41, 5.74) is 0.131. The van der Waals surface area contributed by atoms with Gasteiger partial charge in [0.1, 0.15) is 0 Å². The van der Waals surface area contributed by atoms with Crippen LogP contribution in [0.15, 0.2) is 34.2 Å². The van der Waals surface area contributed by atoms with Crippen molar-refractivity contribution < 1.29 is 9.72 Å². The predicted octanol–water partition coefficient (Wildman–Crippen LogP) is 3.35. The molecule has 2 aromatic rings. The fraction of sp³-hybridized carbons (Fsp3) is 0.231. The minimum Gasteiger partial charge on any atom is -0.351 e. The van der Waals surface area contributed by atoms with Gasteiger partial charge in [0.05, 0.1) is 15.5 Å². The first-order chi connectivity index (χ1) is 9.99. The number of thiazole rings is 1. The molecule has 0 aliphatic rings. The van der Waals surface area contributed by atoms with Gasteiger partial charge < -0.3 is 5.32 Å². The highest BCUT2D eigenvalue weighted by Crippen LogP contribution is 2.23. The van der Waals surface area contributed by atoms with Crippen molar-refractivity contribution in [3.8, 4) is 0 Å². The second-order valence-corrected chi connectivity index (χ2v) is 6.18. The molecular weight excluding hydrogens is 358 g/mol. The monoisotopic (exact) mass is 369 g/mol. The highest BCUT2D eigenvalue weighted by atomic mass is 79.9. The summed E-state index contributed by atoms with van der Waals surface area (Å²) >= 11 is 4.76. The molecule has 6 nitrogen and oxygen atoms in total. The Bertz CT molecular complexity index is 661. The summed E-state index contributed by atoms with van der Waals surface area (Å²) in [7, 11) is 0. The molecule has 21 heavy (non-hydrogen) atoms. The van der Waals surface area contributed by atoms with Crippen molar-refractivity contribution in [2.24, 2.45) is 0 Å². The van der Waals surface area contributed by atoms with Gasteiger partial charge in [0, 0.05) is 40.6 Å². The van der Waals surface area contributed by atoms with E-state index in [0.29, 0.717) is 11.0 Å². The number of non-ortho nitro benzene ring substituents is 1. The molecule has 2 rings (SSSR count). The van der Waals surface area contributed by atoms with Gasteiger partial charge in [-0.3, -0.25) is 14.9 Å². The maximum atomic E-state index is 12.1. The number of carbonyl (C=O) groups is 1. The van der Waals surface area contributed by atoms with E-state index in [0.717, 1.165) is 5.01 Å². The predicted molar refractivity (Wildman–Crippen MR) is 83.7 cm³/mol. The zero-order chi connectivity index (χ0) is 15.4. The van der Waals surface area contributed by atoms with Crippen molar-refractivity contribution in [1.29, 1.82) is 0 Å². The fourth-order valence-corrected chi connectivity index (χ4v) is 2.83. The van der Waals surface area contributed by atoms with E-state index in [4.69, 9.17) is 0 Å². The van der Waals surface area contributed by atoms with Crippen LogP contribution in [0.3, 0.4) is 0 Å². The normalized spacial score (nSPS) is 11.9. The minimum absolute atomic E-state index is 0.0893. The second kappa shape index (κ2) is 6.77. The summed E-state index contributed by atoms with van der Waals surface area (Å²) in [5.74, 6) is -0.264. The van der Waals surface area contributed by atoms with Crippen LogP contribution in [0.2, 0.25) is 0 Å². The van der Waals surface area contributed by atoms with Gasteiger partial charge in [-0.1, -0.05) is 6.92 Å². The Labute approximate surface area is 133 Å². The minimum atomic E-state index is -0.526. The Morgan fingerprint density at radius 3 is 2.95 bits per heavy atom. The van der Waals surface area contributed by atoms with Gasteiger partial charge in [-0.25, -0.2) is 4.98 Å². The Hall–Kier alpha value is -1.80. The maximum absolute atomic E-state index is 12.1. The molecule has 0 aliphatic heterocycles. The number of nitro groups is 1. The first-order valence-electron chi connectivity index (χ1n) is 6.10. The van der Waals surface area contributed by atoms with Gasteiger partial charge in [0.25, 0.3) is 11.6 Å². The standard InChI is InChI=1S/C13H12BrN3O3S/c1-8(13-15-4-5-21-13)7-16-12(18)10-6-9(17(19)20)2-3-11(10)14/h2-6,8H,7H2,1H3,(H,16,18). The molecule has 8 heteroatoms. The number of nitrogens with zero attached hydrogens (tertiary/aromatic N) is 2. The Balaban J connectivity index is 2.06. The van der Waals surface area contributed by atoms with Crippen molar-refractivity contribution in [3.05, 3.63) is 54.9 Å². The number of nitro benzene ring substituents is 1. The van der Waals surface area contributed by atoms with Crippen molar-refractivity contribution in [2.45, 2.75) is 12.8 Å². The van der Waals surface area contributed by atoms with E-state index in [1.165, 1.54) is 29.5 Å². The van der Waals surface area contributed by atoms with Crippen LogP contribution >= 0.6 is 27.3 Å². The first kappa shape index (κ1) is 15.6. The van der Waals surface area contributed by atoms with E-state index >= 15 is 0 Å². The molecule has 0 fully saturated rings. The molecule has 1 aromatic heterocycles. The van der Waals surface area contributed by atoms with Gasteiger partial charge in [-0.15, -0.1) is 11.3 Å². The van der Waals surface area contributed by atoms with Crippen LogP contribution in [-0.2, 0) is 0 Å². The topological polar surface area (TPSA) is 85.1 Å². The van der Waals surface area contributed by atoms with Gasteiger partial charge in [0.2, 0.25) is 0 Å². The summed E-state index contributed by atoms with van der Waals surface area (Å²) in [6, 6.07) is 4.10. The van der Waals surface area contributed by atoms with Gasteiger partial charge in [-0.2, -0.15) is 0 Å². The van der Waals surface area contributed by atoms with E-state index < -0.39 is 4.92 Å². The molecule has 110 valence electrons. The average Bonchev–Trinajstić information content (AvgIpc) is 2.98. The van der Waals surface area contributed by atoms with E-state index in [9.17, 15) is 14.9 Å². The summed E-state index contributed by atoms with van der Waals surface area (Å²) in [4.78, 5) is 26.6. The molecule has 1 N–H and O–H groups in total. The number of rotatable bonds is 5. The Kier molecular flexibility index (Phi) is 5.03. The smallest absolute Gasteiger partial charge is 0.270 e. The van der Waals surface area contributed by atoms with Crippen molar-refractivity contribution in [2.75, 3.05) is 6.54 Å². The zero-order valence-corrected chi connectivity index (χ0v) is 13.5. The highest BCUT2D eigenvalue weighted by molar-refractivity contribution is 9.10. The van der Waals surface area contributed by atoms with Crippen LogP contribution in [0.1, 0.15) is 28.2 Å². The maximum Gasteiger partial charge on any atom is 0.270 e. The molecular formula is C13H12BrN3O3S. The molecule has 0 saturated heterocycles. The summed E-state index contributed by atoms with van der Waals surface area (Å²) in [6.45, 7) is 2.38. The van der Waals surface area contributed by atoms with E-state index in [1.54, 1.807) is 6.20 Å². The number of hydrogen-bond acceptors (Lipinski definition) is 5. The van der Waals surface area contributed by atoms with Crippen LogP contribution in [0.4, 0.5) is 5.69 Å². The SMILES string of the molecule is CC(CNC(=O)c1cc([N+](=O)[O-])ccc1Br)c1nccs1. The average molecular weight is 370 g/mol. The largest absolute Gasteiger partial charge is 0.351 e. The lowest BCUT2D eigenvalue weighted by molar-refractivity contribution is -0.384. The lowest BCUT2D eigenvalue weighted by atomic mass is 10.1. The molecule has 0 saturated carbocycles. The lowest BCUT2D eigenvalue weighted by Gasteiger charge is -2.11. The molecule has 0 radical (unpaired) electrons. The Morgan fingerprint density at radius 2 is 2.33 bits per heavy atom. The third-order valence-corrected chi connectivity index (χ3v) is 4.55. The number of amides is 1. The quantitative estimate of drug-likeness (QED) is 0.646. The van der Waals surface area contributed by atoms with Crippen LogP contribution in [-0.4, -0.2) is 22.4 Å². The molecule has 1 unspecified atom stereocenters. The molecule has 1 heterocycles. The van der Waals surface area contributed by atoms with Crippen LogP contribution in [0.5, 0.6) is 0 Å². The van der Waals surface area contributed by atoms with Gasteiger partial charge >= 0.3 is 0 Å². The molecule has 1 amide bonds. The van der Waals surface area contributed by atoms with Crippen molar-refractivity contribution >= 4 is 38.9 Å². The number of aromatic nitrogens is 1. The highest BCUT2D eigenvalue weighted by Gasteiger charge is 2.17. The van der Waals surface area contributed by atoms with Crippen molar-refractivity contribution in [3.63, 3.8) is 0 Å². The molecule has 1 aromatic carbocycles. The van der Waals surface area contributed by atoms with E-state index in [2.05, 4.69) is 26.2 Å². The van der Waals surface area contributed by atoms with Crippen LogP contribution in [0, 0.1) is 10.1 Å². The third-order valence-electron chi connectivity index (χ3n) is 2.85. The molecule has 0 spiro atoms. The molecule has 0 bridgehead atoms. The van der Waals surface area contributed by atoms with E-state index in [1.807, 2.05) is 12.3 Å². The summed E-state index contributed by atoms with van der Waals surface area (Å²) < 4.78 is 0.521. The fourth-order valence-electron chi connectivity index (χ4n) is 1.71. The van der Waals surface area contributed by atoms with Crippen LogP contribution in [0.25, 0.3) is 0 Å². The van der Waals surface area contributed by atoms with Gasteiger partial charge in [-0.05, 0) is 22.0 Å². The summed E-state index contributed by atoms with van der Waals surface area (Å²) in [6.07, 6.45) is 1.72. The number of carbonyl (C=O) groups excluding carboxylic acids is 1. The van der Waals surface area contributed by atoms with E-state index in [-0.39, 0.29) is 23.1 Å². The molecule has 0 aliphatic carbocycles. The lowest BCUT2D eigenvalue weighted by Crippen LogP contribution is -2.27. The molecule has 1 atom stereocenters. The Morgan fingerprint density at radius 1 is 1.57 bits per heavy atom. The number of benzene rings is 1. The van der Waals surface area contributed by atoms with Crippen LogP contribution < -0.4 is 5.32 Å². The zero-order valence-electron chi connectivity index (χ0n) is 11.1. The second-order valence-electron chi connectivity index (χ2n) is 4.40. The number of nitrogens with one attached hydrogen (secondary N) is 1. The van der Waals surface area contributed by atoms with Crippen molar-refractivity contribution in [1.82, 2.24) is 10.3 Å². The van der Waals surface area contributed by atoms with Gasteiger partial charge in [0.15, 0.2) is 0 Å².